The molecule has 0 spiro atoms. The zero-order valence-corrected chi connectivity index (χ0v) is 16.3. The second-order valence-corrected chi connectivity index (χ2v) is 7.12. The van der Waals surface area contributed by atoms with Crippen molar-refractivity contribution in [2.24, 2.45) is 7.05 Å². The molecule has 0 radical (unpaired) electrons. The Bertz CT molecular complexity index is 938. The number of methoxy groups -OCH3 is 1. The van der Waals surface area contributed by atoms with Crippen molar-refractivity contribution in [2.45, 2.75) is 17.8 Å². The van der Waals surface area contributed by atoms with Gasteiger partial charge in [0.2, 0.25) is 0 Å². The number of ether oxygens (including phenoxy) is 1. The van der Waals surface area contributed by atoms with Gasteiger partial charge in [-0.1, -0.05) is 23.4 Å². The van der Waals surface area contributed by atoms with Gasteiger partial charge >= 0.3 is 0 Å². The van der Waals surface area contributed by atoms with E-state index in [1.807, 2.05) is 48.0 Å². The van der Waals surface area contributed by atoms with Gasteiger partial charge in [0.1, 0.15) is 5.75 Å². The van der Waals surface area contributed by atoms with E-state index < -0.39 is 0 Å². The summed E-state index contributed by atoms with van der Waals surface area (Å²) in [5, 5.41) is 10.0. The molecule has 0 bridgehead atoms. The third-order valence-electron chi connectivity index (χ3n) is 3.98. The van der Waals surface area contributed by atoms with Crippen LogP contribution in [0.1, 0.15) is 22.8 Å². The zero-order valence-electron chi connectivity index (χ0n) is 14.7. The largest absolute Gasteiger partial charge is 0.496 e. The highest BCUT2D eigenvalue weighted by atomic mass is 35.5. The Morgan fingerprint density at radius 1 is 1.19 bits per heavy atom. The molecule has 2 aromatic carbocycles. The lowest BCUT2D eigenvalue weighted by atomic mass is 10.1. The van der Waals surface area contributed by atoms with E-state index in [1.165, 1.54) is 0 Å². The highest BCUT2D eigenvalue weighted by Gasteiger charge is 2.13. The van der Waals surface area contributed by atoms with E-state index in [1.54, 1.807) is 31.9 Å². The third kappa shape index (κ3) is 3.92. The SMILES string of the molecule is COc1ccc(C(C)=O)cc1CSc1nnc(-c2ccc(Cl)cc2)n1C. The summed E-state index contributed by atoms with van der Waals surface area (Å²) in [6, 6.07) is 13.0. The van der Waals surface area contributed by atoms with Gasteiger partial charge in [-0.25, -0.2) is 0 Å². The van der Waals surface area contributed by atoms with E-state index in [0.717, 1.165) is 27.9 Å². The molecule has 0 saturated heterocycles. The minimum Gasteiger partial charge on any atom is -0.496 e. The number of Topliss-reactive ketones (excluding diaryl/α,β-unsaturated/α-hetero) is 1. The number of hydrogen-bond acceptors (Lipinski definition) is 5. The normalized spacial score (nSPS) is 10.8. The van der Waals surface area contributed by atoms with Crippen molar-refractivity contribution < 1.29 is 9.53 Å². The smallest absolute Gasteiger partial charge is 0.191 e. The Balaban J connectivity index is 1.82. The fourth-order valence-corrected chi connectivity index (χ4v) is 3.56. The topological polar surface area (TPSA) is 57.0 Å². The molecule has 0 unspecified atom stereocenters. The van der Waals surface area contributed by atoms with Crippen molar-refractivity contribution in [1.82, 2.24) is 14.8 Å². The average Bonchev–Trinajstić information content (AvgIpc) is 3.01. The van der Waals surface area contributed by atoms with Crippen molar-refractivity contribution in [1.29, 1.82) is 0 Å². The monoisotopic (exact) mass is 387 g/mol. The zero-order chi connectivity index (χ0) is 18.7. The average molecular weight is 388 g/mol. The van der Waals surface area contributed by atoms with Crippen LogP contribution in [0.4, 0.5) is 0 Å². The predicted octanol–water partition coefficient (Wildman–Crippen LogP) is 4.64. The van der Waals surface area contributed by atoms with Crippen LogP contribution in [0.5, 0.6) is 5.75 Å². The molecule has 26 heavy (non-hydrogen) atoms. The second-order valence-electron chi connectivity index (χ2n) is 5.74. The first kappa shape index (κ1) is 18.5. The second kappa shape index (κ2) is 7.93. The Labute approximate surface area is 161 Å². The Kier molecular flexibility index (Phi) is 5.64. The van der Waals surface area contributed by atoms with E-state index in [0.29, 0.717) is 16.3 Å². The minimum atomic E-state index is 0.0302. The fraction of sp³-hybridized carbons (Fsp3) is 0.211. The molecule has 134 valence electrons. The van der Waals surface area contributed by atoms with Crippen LogP contribution in [0, 0.1) is 0 Å². The van der Waals surface area contributed by atoms with E-state index >= 15 is 0 Å². The van der Waals surface area contributed by atoms with E-state index in [2.05, 4.69) is 10.2 Å². The fourth-order valence-electron chi connectivity index (χ4n) is 2.54. The number of carbonyl (C=O) groups excluding carboxylic acids is 1. The summed E-state index contributed by atoms with van der Waals surface area (Å²) >= 11 is 7.48. The van der Waals surface area contributed by atoms with Crippen molar-refractivity contribution in [3.8, 4) is 17.1 Å². The third-order valence-corrected chi connectivity index (χ3v) is 5.30. The van der Waals surface area contributed by atoms with E-state index in [4.69, 9.17) is 16.3 Å². The maximum atomic E-state index is 11.6. The van der Waals surface area contributed by atoms with Gasteiger partial charge in [0, 0.05) is 34.5 Å². The van der Waals surface area contributed by atoms with Crippen molar-refractivity contribution in [3.63, 3.8) is 0 Å². The molecular formula is C19H18ClN3O2S. The number of nitrogens with zero attached hydrogens (tertiary/aromatic N) is 3. The molecule has 1 aromatic heterocycles. The quantitative estimate of drug-likeness (QED) is 0.455. The molecule has 5 nitrogen and oxygen atoms in total. The van der Waals surface area contributed by atoms with Crippen LogP contribution in [-0.2, 0) is 12.8 Å². The maximum absolute atomic E-state index is 11.6. The predicted molar refractivity (Wildman–Crippen MR) is 104 cm³/mol. The number of rotatable bonds is 6. The Morgan fingerprint density at radius 3 is 2.58 bits per heavy atom. The molecule has 3 aromatic rings. The molecule has 7 heteroatoms. The van der Waals surface area contributed by atoms with Gasteiger partial charge in [0.25, 0.3) is 0 Å². The van der Waals surface area contributed by atoms with Gasteiger partial charge in [0.05, 0.1) is 7.11 Å². The lowest BCUT2D eigenvalue weighted by Gasteiger charge is -2.09. The number of benzene rings is 2. The molecule has 0 aliphatic heterocycles. The molecule has 0 saturated carbocycles. The molecule has 0 N–H and O–H groups in total. The lowest BCUT2D eigenvalue weighted by molar-refractivity contribution is 0.101. The van der Waals surface area contributed by atoms with Gasteiger partial charge in [-0.15, -0.1) is 10.2 Å². The molecule has 0 aliphatic carbocycles. The number of hydrogen-bond donors (Lipinski definition) is 0. The van der Waals surface area contributed by atoms with Crippen LogP contribution in [0.25, 0.3) is 11.4 Å². The van der Waals surface area contributed by atoms with Crippen molar-refractivity contribution >= 4 is 29.1 Å². The van der Waals surface area contributed by atoms with Gasteiger partial charge in [-0.3, -0.25) is 4.79 Å². The van der Waals surface area contributed by atoms with Gasteiger partial charge in [0.15, 0.2) is 16.8 Å². The number of ketones is 1. The summed E-state index contributed by atoms with van der Waals surface area (Å²) < 4.78 is 7.34. The molecule has 0 fully saturated rings. The van der Waals surface area contributed by atoms with Crippen LogP contribution < -0.4 is 4.74 Å². The number of carbonyl (C=O) groups is 1. The van der Waals surface area contributed by atoms with Gasteiger partial charge in [-0.05, 0) is 49.4 Å². The van der Waals surface area contributed by atoms with E-state index in [9.17, 15) is 4.79 Å². The summed E-state index contributed by atoms with van der Waals surface area (Å²) in [7, 11) is 3.55. The molecular weight excluding hydrogens is 370 g/mol. The van der Waals surface area contributed by atoms with Crippen LogP contribution >= 0.6 is 23.4 Å². The van der Waals surface area contributed by atoms with Gasteiger partial charge < -0.3 is 9.30 Å². The number of thioether (sulfide) groups is 1. The standard InChI is InChI=1S/C19H18ClN3O2S/c1-12(24)14-6-9-17(25-3)15(10-14)11-26-19-22-21-18(23(19)2)13-4-7-16(20)8-5-13/h4-10H,11H2,1-3H3. The molecule has 1 heterocycles. The molecule has 0 amide bonds. The van der Waals surface area contributed by atoms with Crippen molar-refractivity contribution in [3.05, 3.63) is 58.6 Å². The first-order valence-corrected chi connectivity index (χ1v) is 9.32. The van der Waals surface area contributed by atoms with Crippen LogP contribution in [0.15, 0.2) is 47.6 Å². The molecule has 0 aliphatic rings. The summed E-state index contributed by atoms with van der Waals surface area (Å²) in [6.07, 6.45) is 0. The summed E-state index contributed by atoms with van der Waals surface area (Å²) in [5.74, 6) is 2.18. The molecule has 3 rings (SSSR count). The Morgan fingerprint density at radius 2 is 1.92 bits per heavy atom. The number of aromatic nitrogens is 3. The molecule has 0 atom stereocenters. The highest BCUT2D eigenvalue weighted by molar-refractivity contribution is 7.98. The summed E-state index contributed by atoms with van der Waals surface area (Å²) in [6.45, 7) is 1.56. The lowest BCUT2D eigenvalue weighted by Crippen LogP contribution is -1.98. The van der Waals surface area contributed by atoms with Crippen LogP contribution in [0.2, 0.25) is 5.02 Å². The first-order chi connectivity index (χ1) is 12.5. The summed E-state index contributed by atoms with van der Waals surface area (Å²) in [4.78, 5) is 11.6. The highest BCUT2D eigenvalue weighted by Crippen LogP contribution is 2.30. The van der Waals surface area contributed by atoms with Crippen molar-refractivity contribution in [2.75, 3.05) is 7.11 Å². The summed E-state index contributed by atoms with van der Waals surface area (Å²) in [5.41, 5.74) is 2.56. The number of halogens is 1. The first-order valence-electron chi connectivity index (χ1n) is 7.95. The Hall–Kier alpha value is -2.31. The van der Waals surface area contributed by atoms with Crippen LogP contribution in [0.3, 0.4) is 0 Å². The minimum absolute atomic E-state index is 0.0302. The maximum Gasteiger partial charge on any atom is 0.191 e. The van der Waals surface area contributed by atoms with Crippen LogP contribution in [-0.4, -0.2) is 27.7 Å². The van der Waals surface area contributed by atoms with Gasteiger partial charge in [-0.2, -0.15) is 0 Å². The van der Waals surface area contributed by atoms with E-state index in [-0.39, 0.29) is 5.78 Å².